The lowest BCUT2D eigenvalue weighted by Gasteiger charge is -2.30. The fraction of sp³-hybridized carbons (Fsp3) is 0.467. The summed E-state index contributed by atoms with van der Waals surface area (Å²) in [6, 6.07) is 6.92. The van der Waals surface area contributed by atoms with E-state index in [1.807, 2.05) is 0 Å². The van der Waals surface area contributed by atoms with Gasteiger partial charge in [-0.15, -0.1) is 0 Å². The standard InChI is InChI=1S/C15H20N2O3/c1-10-9-11(7-8-16-10)14(18)17(2)13-6-4-3-5-12(13)15(19)20/h3-6,10-11,16H,7-9H2,1-2H3,(H,19,20). The van der Waals surface area contributed by atoms with E-state index in [1.165, 1.54) is 11.0 Å². The third-order valence-corrected chi connectivity index (χ3v) is 3.80. The van der Waals surface area contributed by atoms with Gasteiger partial charge in [-0.1, -0.05) is 12.1 Å². The summed E-state index contributed by atoms with van der Waals surface area (Å²) in [5, 5.41) is 12.5. The first-order valence-corrected chi connectivity index (χ1v) is 6.84. The highest BCUT2D eigenvalue weighted by Crippen LogP contribution is 2.24. The highest BCUT2D eigenvalue weighted by molar-refractivity contribution is 6.02. The van der Waals surface area contributed by atoms with Crippen LogP contribution in [0.4, 0.5) is 5.69 Å². The van der Waals surface area contributed by atoms with Crippen molar-refractivity contribution in [3.05, 3.63) is 29.8 Å². The molecular formula is C15H20N2O3. The average Bonchev–Trinajstić information content (AvgIpc) is 2.45. The van der Waals surface area contributed by atoms with E-state index in [0.717, 1.165) is 19.4 Å². The second-order valence-corrected chi connectivity index (χ2v) is 5.30. The van der Waals surface area contributed by atoms with E-state index in [4.69, 9.17) is 0 Å². The van der Waals surface area contributed by atoms with Gasteiger partial charge in [-0.2, -0.15) is 0 Å². The Morgan fingerprint density at radius 3 is 2.70 bits per heavy atom. The molecule has 2 unspecified atom stereocenters. The third-order valence-electron chi connectivity index (χ3n) is 3.80. The van der Waals surface area contributed by atoms with E-state index < -0.39 is 5.97 Å². The van der Waals surface area contributed by atoms with E-state index in [2.05, 4.69) is 12.2 Å². The highest BCUT2D eigenvalue weighted by atomic mass is 16.4. The Hall–Kier alpha value is -1.88. The fourth-order valence-electron chi connectivity index (χ4n) is 2.70. The molecule has 2 atom stereocenters. The molecule has 108 valence electrons. The van der Waals surface area contributed by atoms with Gasteiger partial charge < -0.3 is 15.3 Å². The van der Waals surface area contributed by atoms with Crippen molar-refractivity contribution in [3.8, 4) is 0 Å². The number of hydrogen-bond donors (Lipinski definition) is 2. The second kappa shape index (κ2) is 6.05. The minimum absolute atomic E-state index is 0.00736. The van der Waals surface area contributed by atoms with Gasteiger partial charge in [-0.3, -0.25) is 4.79 Å². The zero-order valence-corrected chi connectivity index (χ0v) is 11.8. The molecule has 1 fully saturated rings. The van der Waals surface area contributed by atoms with Crippen LogP contribution in [0.25, 0.3) is 0 Å². The monoisotopic (exact) mass is 276 g/mol. The van der Waals surface area contributed by atoms with Crippen LogP contribution in [0.3, 0.4) is 0 Å². The molecule has 0 aromatic heterocycles. The van der Waals surface area contributed by atoms with Crippen LogP contribution in [0.2, 0.25) is 0 Å². The Labute approximate surface area is 118 Å². The third kappa shape index (κ3) is 2.99. The molecule has 1 aromatic carbocycles. The normalized spacial score (nSPS) is 22.3. The molecule has 0 saturated carbocycles. The minimum atomic E-state index is -1.01. The molecule has 2 N–H and O–H groups in total. The Balaban J connectivity index is 2.20. The number of carboxylic acid groups (broad SMARTS) is 1. The minimum Gasteiger partial charge on any atom is -0.478 e. The van der Waals surface area contributed by atoms with Crippen molar-refractivity contribution in [2.24, 2.45) is 5.92 Å². The number of rotatable bonds is 3. The number of benzene rings is 1. The smallest absolute Gasteiger partial charge is 0.337 e. The molecule has 0 aliphatic carbocycles. The molecule has 2 rings (SSSR count). The molecule has 1 saturated heterocycles. The van der Waals surface area contributed by atoms with Crippen molar-refractivity contribution < 1.29 is 14.7 Å². The topological polar surface area (TPSA) is 69.6 Å². The Morgan fingerprint density at radius 2 is 2.05 bits per heavy atom. The summed E-state index contributed by atoms with van der Waals surface area (Å²) in [6.45, 7) is 2.89. The fourth-order valence-corrected chi connectivity index (χ4v) is 2.70. The van der Waals surface area contributed by atoms with Crippen LogP contribution < -0.4 is 10.2 Å². The first kappa shape index (κ1) is 14.5. The Kier molecular flexibility index (Phi) is 4.39. The lowest BCUT2D eigenvalue weighted by molar-refractivity contribution is -0.123. The first-order chi connectivity index (χ1) is 9.50. The predicted molar refractivity (Wildman–Crippen MR) is 77.0 cm³/mol. The largest absolute Gasteiger partial charge is 0.478 e. The first-order valence-electron chi connectivity index (χ1n) is 6.84. The van der Waals surface area contributed by atoms with Crippen LogP contribution in [-0.2, 0) is 4.79 Å². The second-order valence-electron chi connectivity index (χ2n) is 5.30. The van der Waals surface area contributed by atoms with Crippen LogP contribution in [0.1, 0.15) is 30.1 Å². The molecule has 0 bridgehead atoms. The van der Waals surface area contributed by atoms with E-state index >= 15 is 0 Å². The van der Waals surface area contributed by atoms with Gasteiger partial charge in [0, 0.05) is 19.0 Å². The van der Waals surface area contributed by atoms with Crippen molar-refractivity contribution in [3.63, 3.8) is 0 Å². The zero-order valence-electron chi connectivity index (χ0n) is 11.8. The SMILES string of the molecule is CC1CC(C(=O)N(C)c2ccccc2C(=O)O)CCN1. The van der Waals surface area contributed by atoms with Crippen molar-refractivity contribution in [2.75, 3.05) is 18.5 Å². The molecule has 1 amide bonds. The molecular weight excluding hydrogens is 256 g/mol. The summed E-state index contributed by atoms with van der Waals surface area (Å²) < 4.78 is 0. The number of nitrogens with one attached hydrogen (secondary N) is 1. The molecule has 20 heavy (non-hydrogen) atoms. The molecule has 1 heterocycles. The number of para-hydroxylation sites is 1. The number of carbonyl (C=O) groups excluding carboxylic acids is 1. The zero-order chi connectivity index (χ0) is 14.7. The summed E-state index contributed by atoms with van der Waals surface area (Å²) >= 11 is 0. The van der Waals surface area contributed by atoms with E-state index in [9.17, 15) is 14.7 Å². The summed E-state index contributed by atoms with van der Waals surface area (Å²) in [6.07, 6.45) is 1.58. The number of hydrogen-bond acceptors (Lipinski definition) is 3. The van der Waals surface area contributed by atoms with Crippen LogP contribution in [0.5, 0.6) is 0 Å². The highest BCUT2D eigenvalue weighted by Gasteiger charge is 2.28. The van der Waals surface area contributed by atoms with Crippen molar-refractivity contribution in [1.82, 2.24) is 5.32 Å². The summed E-state index contributed by atoms with van der Waals surface area (Å²) in [4.78, 5) is 25.2. The van der Waals surface area contributed by atoms with Gasteiger partial charge in [-0.05, 0) is 38.4 Å². The van der Waals surface area contributed by atoms with Gasteiger partial charge in [0.05, 0.1) is 11.3 Å². The molecule has 1 aliphatic heterocycles. The number of amides is 1. The number of aromatic carboxylic acids is 1. The molecule has 5 nitrogen and oxygen atoms in total. The van der Waals surface area contributed by atoms with Crippen LogP contribution in [-0.4, -0.2) is 36.6 Å². The molecule has 1 aromatic rings. The van der Waals surface area contributed by atoms with Crippen LogP contribution in [0, 0.1) is 5.92 Å². The number of carboxylic acids is 1. The van der Waals surface area contributed by atoms with Gasteiger partial charge in [-0.25, -0.2) is 4.79 Å². The number of carbonyl (C=O) groups is 2. The summed E-state index contributed by atoms with van der Waals surface area (Å²) in [7, 11) is 1.65. The van der Waals surface area contributed by atoms with Gasteiger partial charge >= 0.3 is 5.97 Å². The van der Waals surface area contributed by atoms with Crippen LogP contribution >= 0.6 is 0 Å². The van der Waals surface area contributed by atoms with Crippen molar-refractivity contribution >= 4 is 17.6 Å². The Bertz CT molecular complexity index is 516. The van der Waals surface area contributed by atoms with E-state index in [0.29, 0.717) is 11.7 Å². The Morgan fingerprint density at radius 1 is 1.35 bits per heavy atom. The predicted octanol–water partition coefficient (Wildman–Crippen LogP) is 1.74. The number of nitrogens with zero attached hydrogens (tertiary/aromatic N) is 1. The maximum Gasteiger partial charge on any atom is 0.337 e. The van der Waals surface area contributed by atoms with Crippen molar-refractivity contribution in [1.29, 1.82) is 0 Å². The van der Waals surface area contributed by atoms with Crippen LogP contribution in [0.15, 0.2) is 24.3 Å². The lowest BCUT2D eigenvalue weighted by atomic mass is 9.92. The summed E-state index contributed by atoms with van der Waals surface area (Å²) in [5.74, 6) is -1.07. The maximum absolute atomic E-state index is 12.5. The van der Waals surface area contributed by atoms with E-state index in [-0.39, 0.29) is 17.4 Å². The molecule has 5 heteroatoms. The van der Waals surface area contributed by atoms with Gasteiger partial charge in [0.25, 0.3) is 0 Å². The van der Waals surface area contributed by atoms with Gasteiger partial charge in [0.1, 0.15) is 0 Å². The van der Waals surface area contributed by atoms with E-state index in [1.54, 1.807) is 25.2 Å². The lowest BCUT2D eigenvalue weighted by Crippen LogP contribution is -2.43. The quantitative estimate of drug-likeness (QED) is 0.882. The van der Waals surface area contributed by atoms with Crippen molar-refractivity contribution in [2.45, 2.75) is 25.8 Å². The number of piperidine rings is 1. The van der Waals surface area contributed by atoms with Gasteiger partial charge in [0.15, 0.2) is 0 Å². The maximum atomic E-state index is 12.5. The molecule has 0 radical (unpaired) electrons. The molecule has 1 aliphatic rings. The summed E-state index contributed by atoms with van der Waals surface area (Å²) in [5.41, 5.74) is 0.613. The number of anilines is 1. The van der Waals surface area contributed by atoms with Gasteiger partial charge in [0.2, 0.25) is 5.91 Å². The average molecular weight is 276 g/mol. The molecule has 0 spiro atoms.